The van der Waals surface area contributed by atoms with Crippen molar-refractivity contribution in [2.75, 3.05) is 44.2 Å². The van der Waals surface area contributed by atoms with Gasteiger partial charge in [-0.1, -0.05) is 64.8 Å². The Kier molecular flexibility index (Phi) is 6.89. The number of hydrogen-bond donors (Lipinski definition) is 0. The molecule has 1 unspecified atom stereocenters. The summed E-state index contributed by atoms with van der Waals surface area (Å²) in [6, 6.07) is 16.3. The molecule has 1 aromatic heterocycles. The van der Waals surface area contributed by atoms with Gasteiger partial charge in [0.2, 0.25) is 5.91 Å². The van der Waals surface area contributed by atoms with Crippen LogP contribution in [0.1, 0.15) is 35.2 Å². The quantitative estimate of drug-likeness (QED) is 0.530. The van der Waals surface area contributed by atoms with E-state index in [4.69, 9.17) is 4.74 Å². The minimum atomic E-state index is -0.337. The van der Waals surface area contributed by atoms with Crippen molar-refractivity contribution >= 4 is 23.6 Å². The van der Waals surface area contributed by atoms with Gasteiger partial charge in [-0.15, -0.1) is 0 Å². The molecule has 0 bridgehead atoms. The largest absolute Gasteiger partial charge is 0.450 e. The van der Waals surface area contributed by atoms with Crippen LogP contribution < -0.4 is 4.90 Å². The number of fused-ring (bicyclic) bond motifs is 1. The first-order valence-electron chi connectivity index (χ1n) is 12.5. The maximum Gasteiger partial charge on any atom is 0.409 e. The van der Waals surface area contributed by atoms with Crippen molar-refractivity contribution in [3.05, 3.63) is 76.9 Å². The molecule has 0 spiro atoms. The normalized spacial score (nSPS) is 17.3. The van der Waals surface area contributed by atoms with Gasteiger partial charge in [-0.3, -0.25) is 9.69 Å². The minimum absolute atomic E-state index is 0.0511. The minimum Gasteiger partial charge on any atom is -0.450 e. The fraction of sp³-hybridized carbons (Fsp3) is 0.370. The lowest BCUT2D eigenvalue weighted by atomic mass is 9.99. The highest BCUT2D eigenvalue weighted by molar-refractivity contribution is 5.89. The van der Waals surface area contributed by atoms with Gasteiger partial charge in [0.15, 0.2) is 0 Å². The van der Waals surface area contributed by atoms with E-state index in [1.807, 2.05) is 11.8 Å². The fourth-order valence-corrected chi connectivity index (χ4v) is 4.69. The maximum absolute atomic E-state index is 13.5. The van der Waals surface area contributed by atoms with Gasteiger partial charge >= 0.3 is 6.09 Å². The molecule has 1 atom stereocenters. The van der Waals surface area contributed by atoms with Crippen LogP contribution >= 0.6 is 0 Å². The summed E-state index contributed by atoms with van der Waals surface area (Å²) in [6.45, 7) is 8.09. The van der Waals surface area contributed by atoms with E-state index >= 15 is 0 Å². The molecule has 5 rings (SSSR count). The highest BCUT2D eigenvalue weighted by Crippen LogP contribution is 2.36. The summed E-state index contributed by atoms with van der Waals surface area (Å²) in [4.78, 5) is 30.8. The molecule has 10 heteroatoms. The third kappa shape index (κ3) is 5.04. The van der Waals surface area contributed by atoms with Gasteiger partial charge in [-0.25, -0.2) is 4.79 Å². The second-order valence-corrected chi connectivity index (χ2v) is 9.35. The summed E-state index contributed by atoms with van der Waals surface area (Å²) in [6.07, 6.45) is 1.78. The van der Waals surface area contributed by atoms with Gasteiger partial charge in [0.05, 0.1) is 12.3 Å². The van der Waals surface area contributed by atoms with Crippen molar-refractivity contribution in [3.63, 3.8) is 0 Å². The number of carbonyl (C=O) groups is 2. The molecule has 37 heavy (non-hydrogen) atoms. The number of piperazine rings is 1. The van der Waals surface area contributed by atoms with E-state index in [2.05, 4.69) is 77.1 Å². The van der Waals surface area contributed by atoms with Crippen LogP contribution in [-0.4, -0.2) is 81.3 Å². The molecule has 2 aromatic carbocycles. The molecule has 0 aliphatic carbocycles. The van der Waals surface area contributed by atoms with Crippen LogP contribution in [0.3, 0.4) is 0 Å². The summed E-state index contributed by atoms with van der Waals surface area (Å²) < 4.78 is 6.85. The van der Waals surface area contributed by atoms with Crippen molar-refractivity contribution in [1.82, 2.24) is 30.0 Å². The van der Waals surface area contributed by atoms with E-state index < -0.39 is 0 Å². The van der Waals surface area contributed by atoms with E-state index in [1.54, 1.807) is 21.4 Å². The number of hydrogen-bond acceptors (Lipinski definition) is 7. The number of allylic oxidation sites excluding steroid dienone is 1. The number of anilines is 1. The predicted octanol–water partition coefficient (Wildman–Crippen LogP) is 3.04. The number of tetrazole rings is 1. The first-order chi connectivity index (χ1) is 17.9. The molecular weight excluding hydrogens is 470 g/mol. The Morgan fingerprint density at radius 3 is 2.19 bits per heavy atom. The van der Waals surface area contributed by atoms with E-state index in [9.17, 15) is 9.59 Å². The van der Waals surface area contributed by atoms with Crippen LogP contribution in [0, 0.1) is 13.8 Å². The summed E-state index contributed by atoms with van der Waals surface area (Å²) in [5.41, 5.74) is 5.25. The molecule has 192 valence electrons. The topological polar surface area (TPSA) is 96.7 Å². The molecule has 1 fully saturated rings. The average molecular weight is 502 g/mol. The zero-order valence-corrected chi connectivity index (χ0v) is 21.4. The van der Waals surface area contributed by atoms with Crippen LogP contribution in [-0.2, 0) is 9.53 Å². The molecule has 3 aromatic rings. The molecule has 0 saturated carbocycles. The van der Waals surface area contributed by atoms with Crippen molar-refractivity contribution in [2.45, 2.75) is 26.8 Å². The molecule has 2 aliphatic rings. The van der Waals surface area contributed by atoms with Gasteiger partial charge in [0, 0.05) is 26.2 Å². The number of benzene rings is 2. The van der Waals surface area contributed by atoms with E-state index in [1.165, 1.54) is 5.56 Å². The van der Waals surface area contributed by atoms with Crippen LogP contribution in [0.15, 0.2) is 54.6 Å². The van der Waals surface area contributed by atoms with Crippen LogP contribution in [0.4, 0.5) is 10.7 Å². The SMILES string of the molecule is CCOC(=O)N1CCN(C(=O)CN2C(c3ccc(C)cc3)=CC(c3ccc(C)cc3)n3nnnc32)CC1. The molecule has 3 heterocycles. The number of ether oxygens (including phenoxy) is 1. The Balaban J connectivity index is 1.43. The molecule has 2 aliphatic heterocycles. The van der Waals surface area contributed by atoms with Crippen molar-refractivity contribution in [3.8, 4) is 0 Å². The second kappa shape index (κ2) is 10.4. The van der Waals surface area contributed by atoms with Gasteiger partial charge in [-0.2, -0.15) is 4.68 Å². The molecular formula is C27H31N7O3. The number of amides is 2. The smallest absolute Gasteiger partial charge is 0.409 e. The van der Waals surface area contributed by atoms with Crippen molar-refractivity contribution < 1.29 is 14.3 Å². The number of aryl methyl sites for hydroxylation is 2. The third-order valence-corrected chi connectivity index (χ3v) is 6.80. The predicted molar refractivity (Wildman–Crippen MR) is 139 cm³/mol. The highest BCUT2D eigenvalue weighted by Gasteiger charge is 2.34. The number of aromatic nitrogens is 4. The molecule has 1 saturated heterocycles. The highest BCUT2D eigenvalue weighted by atomic mass is 16.6. The Morgan fingerprint density at radius 1 is 0.919 bits per heavy atom. The van der Waals surface area contributed by atoms with Crippen LogP contribution in [0.5, 0.6) is 0 Å². The fourth-order valence-electron chi connectivity index (χ4n) is 4.69. The molecule has 2 amide bonds. The first-order valence-corrected chi connectivity index (χ1v) is 12.5. The zero-order valence-electron chi connectivity index (χ0n) is 21.4. The van der Waals surface area contributed by atoms with Crippen LogP contribution in [0.25, 0.3) is 5.70 Å². The monoisotopic (exact) mass is 501 g/mol. The summed E-state index contributed by atoms with van der Waals surface area (Å²) >= 11 is 0. The lowest BCUT2D eigenvalue weighted by molar-refractivity contribution is -0.131. The van der Waals surface area contributed by atoms with Gasteiger partial charge in [-0.05, 0) is 48.4 Å². The number of rotatable bonds is 5. The van der Waals surface area contributed by atoms with E-state index in [0.29, 0.717) is 38.7 Å². The molecule has 0 radical (unpaired) electrons. The Hall–Kier alpha value is -4.21. The molecule has 10 nitrogen and oxygen atoms in total. The van der Waals surface area contributed by atoms with Crippen molar-refractivity contribution in [1.29, 1.82) is 0 Å². The second-order valence-electron chi connectivity index (χ2n) is 9.35. The number of carbonyl (C=O) groups excluding carboxylic acids is 2. The third-order valence-electron chi connectivity index (χ3n) is 6.80. The Bertz CT molecular complexity index is 1290. The molecule has 0 N–H and O–H groups in total. The summed E-state index contributed by atoms with van der Waals surface area (Å²) in [7, 11) is 0. The Morgan fingerprint density at radius 2 is 1.54 bits per heavy atom. The van der Waals surface area contributed by atoms with Crippen LogP contribution in [0.2, 0.25) is 0 Å². The maximum atomic E-state index is 13.5. The van der Waals surface area contributed by atoms with E-state index in [0.717, 1.165) is 22.4 Å². The van der Waals surface area contributed by atoms with Crippen molar-refractivity contribution in [2.24, 2.45) is 0 Å². The average Bonchev–Trinajstić information content (AvgIpc) is 3.40. The first kappa shape index (κ1) is 24.5. The van der Waals surface area contributed by atoms with E-state index in [-0.39, 0.29) is 24.6 Å². The standard InChI is InChI=1S/C27H31N7O3/c1-4-37-27(36)32-15-13-31(14-16-32)25(35)18-33-23(21-9-5-19(2)6-10-21)17-24(34-26(33)28-29-30-34)22-11-7-20(3)8-12-22/h5-12,17,24H,4,13-16,18H2,1-3H3. The lowest BCUT2D eigenvalue weighted by Gasteiger charge is -2.37. The zero-order chi connectivity index (χ0) is 25.9. The summed E-state index contributed by atoms with van der Waals surface area (Å²) in [5, 5.41) is 12.6. The summed E-state index contributed by atoms with van der Waals surface area (Å²) in [5.74, 6) is 0.465. The number of nitrogens with zero attached hydrogens (tertiary/aromatic N) is 7. The van der Waals surface area contributed by atoms with Gasteiger partial charge < -0.3 is 14.5 Å². The Labute approximate surface area is 216 Å². The lowest BCUT2D eigenvalue weighted by Crippen LogP contribution is -2.53. The van der Waals surface area contributed by atoms with Gasteiger partial charge in [0.25, 0.3) is 5.95 Å². The van der Waals surface area contributed by atoms with Gasteiger partial charge in [0.1, 0.15) is 12.6 Å².